The van der Waals surface area contributed by atoms with Crippen LogP contribution < -0.4 is 0 Å². The molecule has 0 atom stereocenters. The van der Waals surface area contributed by atoms with E-state index in [-0.39, 0.29) is 16.7 Å². The van der Waals surface area contributed by atoms with Crippen molar-refractivity contribution in [2.45, 2.75) is 6.92 Å². The normalized spacial score (nSPS) is 16.2. The number of benzene rings is 1. The van der Waals surface area contributed by atoms with Crippen LogP contribution in [0.2, 0.25) is 0 Å². The van der Waals surface area contributed by atoms with E-state index in [4.69, 9.17) is 9.52 Å². The third-order valence-corrected chi connectivity index (χ3v) is 4.60. The fourth-order valence-corrected chi connectivity index (χ4v) is 3.08. The number of carboxylic acid groups (broad SMARTS) is 1. The average molecular weight is 343 g/mol. The number of likely N-dealkylation sites (N-methyl/N-ethyl adjacent to an activating group) is 1. The Morgan fingerprint density at radius 3 is 2.62 bits per heavy atom. The maximum Gasteiger partial charge on any atom is 0.335 e. The number of carbonyl (C=O) groups is 3. The Morgan fingerprint density at radius 1 is 1.25 bits per heavy atom. The van der Waals surface area contributed by atoms with Crippen molar-refractivity contribution in [1.82, 2.24) is 4.90 Å². The highest BCUT2D eigenvalue weighted by atomic mass is 32.2. The Balaban J connectivity index is 1.95. The van der Waals surface area contributed by atoms with Crippen LogP contribution in [0.4, 0.5) is 4.79 Å². The molecule has 2 heterocycles. The summed E-state index contributed by atoms with van der Waals surface area (Å²) in [5, 5.41) is 8.77. The van der Waals surface area contributed by atoms with Gasteiger partial charge in [-0.1, -0.05) is 6.07 Å². The van der Waals surface area contributed by atoms with Gasteiger partial charge in [0.1, 0.15) is 11.5 Å². The van der Waals surface area contributed by atoms with Crippen molar-refractivity contribution >= 4 is 35.0 Å². The van der Waals surface area contributed by atoms with Crippen LogP contribution in [-0.4, -0.2) is 34.2 Å². The Morgan fingerprint density at radius 2 is 2.00 bits per heavy atom. The molecule has 1 fully saturated rings. The number of thioether (sulfide) groups is 1. The quantitative estimate of drug-likeness (QED) is 0.857. The summed E-state index contributed by atoms with van der Waals surface area (Å²) in [6.45, 7) is 1.85. The SMILES string of the molecule is Cc1ccc(C(=O)O)cc1-c1ccc(/C=C2\SC(=O)N(C)C2=O)o1. The summed E-state index contributed by atoms with van der Waals surface area (Å²) in [7, 11) is 1.42. The molecule has 1 aliphatic heterocycles. The van der Waals surface area contributed by atoms with Crippen LogP contribution in [0.5, 0.6) is 0 Å². The summed E-state index contributed by atoms with van der Waals surface area (Å²) in [5.41, 5.74) is 1.70. The fraction of sp³-hybridized carbons (Fsp3) is 0.118. The van der Waals surface area contributed by atoms with Crippen molar-refractivity contribution in [3.63, 3.8) is 0 Å². The first-order valence-corrected chi connectivity index (χ1v) is 7.84. The molecule has 0 bridgehead atoms. The summed E-state index contributed by atoms with van der Waals surface area (Å²) < 4.78 is 5.70. The van der Waals surface area contributed by atoms with Gasteiger partial charge in [-0.25, -0.2) is 4.79 Å². The summed E-state index contributed by atoms with van der Waals surface area (Å²) >= 11 is 0.852. The molecule has 0 radical (unpaired) electrons. The number of hydrogen-bond donors (Lipinski definition) is 1. The van der Waals surface area contributed by atoms with Crippen molar-refractivity contribution in [2.75, 3.05) is 7.05 Å². The molecule has 1 aromatic heterocycles. The van der Waals surface area contributed by atoms with E-state index in [2.05, 4.69) is 0 Å². The molecule has 1 saturated heterocycles. The van der Waals surface area contributed by atoms with E-state index in [1.807, 2.05) is 6.92 Å². The van der Waals surface area contributed by atoms with Crippen LogP contribution >= 0.6 is 11.8 Å². The standard InChI is InChI=1S/C17H13NO5S/c1-9-3-4-10(16(20)21)7-12(9)13-6-5-11(23-13)8-14-15(19)18(2)17(22)24-14/h3-8H,1-2H3,(H,20,21)/b14-8-. The Hall–Kier alpha value is -2.80. The Labute approximate surface area is 141 Å². The lowest BCUT2D eigenvalue weighted by atomic mass is 10.0. The highest BCUT2D eigenvalue weighted by Crippen LogP contribution is 2.33. The summed E-state index contributed by atoms with van der Waals surface area (Å²) in [5.74, 6) is -0.465. The lowest BCUT2D eigenvalue weighted by molar-refractivity contribution is -0.121. The second-order valence-corrected chi connectivity index (χ2v) is 6.27. The third-order valence-electron chi connectivity index (χ3n) is 3.64. The van der Waals surface area contributed by atoms with Crippen LogP contribution in [-0.2, 0) is 4.79 Å². The summed E-state index contributed by atoms with van der Waals surface area (Å²) in [6.07, 6.45) is 1.51. The van der Waals surface area contributed by atoms with Gasteiger partial charge < -0.3 is 9.52 Å². The minimum absolute atomic E-state index is 0.167. The zero-order valence-corrected chi connectivity index (χ0v) is 13.7. The van der Waals surface area contributed by atoms with Crippen LogP contribution in [0, 0.1) is 6.92 Å². The Kier molecular flexibility index (Phi) is 4.02. The van der Waals surface area contributed by atoms with Gasteiger partial charge in [-0.2, -0.15) is 0 Å². The van der Waals surface area contributed by atoms with Crippen LogP contribution in [0.25, 0.3) is 17.4 Å². The van der Waals surface area contributed by atoms with Gasteiger partial charge in [-0.3, -0.25) is 14.5 Å². The van der Waals surface area contributed by atoms with Gasteiger partial charge in [-0.05, 0) is 48.5 Å². The van der Waals surface area contributed by atoms with E-state index in [9.17, 15) is 14.4 Å². The molecule has 3 rings (SSSR count). The molecule has 1 aromatic carbocycles. The van der Waals surface area contributed by atoms with E-state index in [1.165, 1.54) is 19.2 Å². The molecule has 6 nitrogen and oxygen atoms in total. The van der Waals surface area contributed by atoms with Crippen LogP contribution in [0.3, 0.4) is 0 Å². The number of carbonyl (C=O) groups excluding carboxylic acids is 2. The molecular formula is C17H13NO5S. The largest absolute Gasteiger partial charge is 0.478 e. The highest BCUT2D eigenvalue weighted by Gasteiger charge is 2.32. The number of rotatable bonds is 3. The monoisotopic (exact) mass is 343 g/mol. The molecule has 0 aliphatic carbocycles. The number of hydrogen-bond acceptors (Lipinski definition) is 5. The predicted octanol–water partition coefficient (Wildman–Crippen LogP) is 3.62. The number of imide groups is 1. The fourth-order valence-electron chi connectivity index (χ4n) is 2.27. The third kappa shape index (κ3) is 2.85. The smallest absolute Gasteiger partial charge is 0.335 e. The number of amides is 2. The number of nitrogens with zero attached hydrogens (tertiary/aromatic N) is 1. The van der Waals surface area contributed by atoms with E-state index in [0.29, 0.717) is 22.0 Å². The first kappa shape index (κ1) is 16.1. The van der Waals surface area contributed by atoms with Gasteiger partial charge in [-0.15, -0.1) is 0 Å². The number of aromatic carboxylic acids is 1. The molecule has 7 heteroatoms. The topological polar surface area (TPSA) is 87.8 Å². The van der Waals surface area contributed by atoms with Gasteiger partial charge in [0, 0.05) is 18.7 Å². The Bertz CT molecular complexity index is 896. The summed E-state index contributed by atoms with van der Waals surface area (Å²) in [4.78, 5) is 35.8. The maximum atomic E-state index is 11.9. The molecular weight excluding hydrogens is 330 g/mol. The molecule has 24 heavy (non-hydrogen) atoms. The molecule has 1 N–H and O–H groups in total. The number of aryl methyl sites for hydroxylation is 1. The van der Waals surface area contributed by atoms with Crippen molar-refractivity contribution in [3.05, 3.63) is 52.1 Å². The lowest BCUT2D eigenvalue weighted by Gasteiger charge is -2.04. The first-order chi connectivity index (χ1) is 11.4. The van der Waals surface area contributed by atoms with Gasteiger partial charge >= 0.3 is 5.97 Å². The van der Waals surface area contributed by atoms with E-state index in [0.717, 1.165) is 22.2 Å². The molecule has 1 aliphatic rings. The molecule has 0 saturated carbocycles. The predicted molar refractivity (Wildman–Crippen MR) is 89.6 cm³/mol. The first-order valence-electron chi connectivity index (χ1n) is 7.02. The molecule has 0 spiro atoms. The van der Waals surface area contributed by atoms with Crippen LogP contribution in [0.1, 0.15) is 21.7 Å². The second kappa shape index (κ2) is 6.01. The molecule has 2 aromatic rings. The van der Waals surface area contributed by atoms with Gasteiger partial charge in [0.2, 0.25) is 0 Å². The zero-order chi connectivity index (χ0) is 17.4. The van der Waals surface area contributed by atoms with E-state index < -0.39 is 5.97 Å². The minimum Gasteiger partial charge on any atom is -0.478 e. The second-order valence-electron chi connectivity index (χ2n) is 5.28. The van der Waals surface area contributed by atoms with E-state index in [1.54, 1.807) is 24.3 Å². The van der Waals surface area contributed by atoms with Crippen molar-refractivity contribution in [3.8, 4) is 11.3 Å². The number of carboxylic acids is 1. The van der Waals surface area contributed by atoms with Gasteiger partial charge in [0.15, 0.2) is 0 Å². The van der Waals surface area contributed by atoms with Gasteiger partial charge in [0.25, 0.3) is 11.1 Å². The minimum atomic E-state index is -1.01. The average Bonchev–Trinajstić information content (AvgIpc) is 3.09. The number of furan rings is 1. The van der Waals surface area contributed by atoms with E-state index >= 15 is 0 Å². The zero-order valence-electron chi connectivity index (χ0n) is 12.9. The van der Waals surface area contributed by atoms with Crippen LogP contribution in [0.15, 0.2) is 39.7 Å². The lowest BCUT2D eigenvalue weighted by Crippen LogP contribution is -2.22. The highest BCUT2D eigenvalue weighted by molar-refractivity contribution is 8.18. The summed E-state index contributed by atoms with van der Waals surface area (Å²) in [6, 6.07) is 8.16. The molecule has 0 unspecified atom stereocenters. The molecule has 122 valence electrons. The van der Waals surface area contributed by atoms with Crippen molar-refractivity contribution < 1.29 is 23.9 Å². The maximum absolute atomic E-state index is 11.9. The van der Waals surface area contributed by atoms with Crippen molar-refractivity contribution in [1.29, 1.82) is 0 Å². The van der Waals surface area contributed by atoms with Crippen molar-refractivity contribution in [2.24, 2.45) is 0 Å². The van der Waals surface area contributed by atoms with Gasteiger partial charge in [0.05, 0.1) is 10.5 Å². The molecule has 2 amide bonds.